The monoisotopic (exact) mass is 453 g/mol. The van der Waals surface area contributed by atoms with E-state index in [1.807, 2.05) is 25.5 Å². The molecule has 0 radical (unpaired) electrons. The highest BCUT2D eigenvalue weighted by Crippen LogP contribution is 2.17. The highest BCUT2D eigenvalue weighted by atomic mass is 127. The van der Waals surface area contributed by atoms with Gasteiger partial charge in [-0.15, -0.1) is 24.0 Å². The molecule has 1 fully saturated rings. The first-order chi connectivity index (χ1) is 11.8. The number of rotatable bonds is 6. The summed E-state index contributed by atoms with van der Waals surface area (Å²) < 4.78 is 2.21. The van der Waals surface area contributed by atoms with E-state index in [2.05, 4.69) is 49.4 Å². The lowest BCUT2D eigenvalue weighted by atomic mass is 10.2. The molecule has 5 nitrogen and oxygen atoms in total. The molecule has 1 aromatic heterocycles. The summed E-state index contributed by atoms with van der Waals surface area (Å²) in [5.41, 5.74) is 1.29. The summed E-state index contributed by atoms with van der Waals surface area (Å²) in [4.78, 5) is 8.83. The summed E-state index contributed by atoms with van der Waals surface area (Å²) in [5.74, 6) is 2.01. The number of nitrogens with one attached hydrogen (secondary N) is 2. The van der Waals surface area contributed by atoms with E-state index in [0.29, 0.717) is 6.04 Å². The average Bonchev–Trinajstić information content (AvgIpc) is 3.27. The molecule has 0 bridgehead atoms. The van der Waals surface area contributed by atoms with Gasteiger partial charge in [0.05, 0.1) is 0 Å². The molecule has 136 valence electrons. The third-order valence-corrected chi connectivity index (χ3v) is 4.56. The van der Waals surface area contributed by atoms with Gasteiger partial charge in [-0.1, -0.05) is 43.2 Å². The van der Waals surface area contributed by atoms with Crippen molar-refractivity contribution in [2.75, 3.05) is 13.6 Å². The van der Waals surface area contributed by atoms with Crippen LogP contribution in [0.3, 0.4) is 0 Å². The fourth-order valence-corrected chi connectivity index (χ4v) is 3.24. The van der Waals surface area contributed by atoms with E-state index in [1.165, 1.54) is 31.2 Å². The Morgan fingerprint density at radius 3 is 2.72 bits per heavy atom. The van der Waals surface area contributed by atoms with Crippen LogP contribution in [0.4, 0.5) is 0 Å². The number of aliphatic imine (C=N–C) groups is 1. The normalized spacial score (nSPS) is 15.0. The van der Waals surface area contributed by atoms with Gasteiger partial charge < -0.3 is 15.2 Å². The van der Waals surface area contributed by atoms with E-state index in [0.717, 1.165) is 31.3 Å². The second-order valence-electron chi connectivity index (χ2n) is 6.33. The van der Waals surface area contributed by atoms with Crippen LogP contribution in [-0.4, -0.2) is 35.1 Å². The van der Waals surface area contributed by atoms with Gasteiger partial charge >= 0.3 is 0 Å². The van der Waals surface area contributed by atoms with Crippen molar-refractivity contribution < 1.29 is 0 Å². The van der Waals surface area contributed by atoms with Crippen molar-refractivity contribution in [3.05, 3.63) is 54.1 Å². The van der Waals surface area contributed by atoms with Gasteiger partial charge in [-0.25, -0.2) is 4.98 Å². The third kappa shape index (κ3) is 6.02. The topological polar surface area (TPSA) is 54.2 Å². The predicted octanol–water partition coefficient (Wildman–Crippen LogP) is 3.20. The Morgan fingerprint density at radius 1 is 1.24 bits per heavy atom. The molecule has 2 aromatic rings. The minimum absolute atomic E-state index is 0. The molecule has 0 unspecified atom stereocenters. The molecule has 1 saturated carbocycles. The Morgan fingerprint density at radius 2 is 2.00 bits per heavy atom. The van der Waals surface area contributed by atoms with Gasteiger partial charge in [-0.05, 0) is 18.4 Å². The molecule has 25 heavy (non-hydrogen) atoms. The number of hydrogen-bond donors (Lipinski definition) is 2. The van der Waals surface area contributed by atoms with Crippen LogP contribution < -0.4 is 10.6 Å². The maximum Gasteiger partial charge on any atom is 0.191 e. The summed E-state index contributed by atoms with van der Waals surface area (Å²) in [6.45, 7) is 1.70. The van der Waals surface area contributed by atoms with Gasteiger partial charge in [0.25, 0.3) is 0 Å². The molecule has 1 aliphatic carbocycles. The Balaban J connectivity index is 0.00000225. The lowest BCUT2D eigenvalue weighted by molar-refractivity contribution is 0.610. The van der Waals surface area contributed by atoms with Crippen LogP contribution in [0.5, 0.6) is 0 Å². The Bertz CT molecular complexity index is 647. The van der Waals surface area contributed by atoms with Crippen molar-refractivity contribution in [1.82, 2.24) is 20.2 Å². The minimum Gasteiger partial charge on any atom is -0.356 e. The average molecular weight is 453 g/mol. The fourth-order valence-electron chi connectivity index (χ4n) is 3.24. The first-order valence-corrected chi connectivity index (χ1v) is 8.86. The number of halogens is 1. The van der Waals surface area contributed by atoms with Crippen LogP contribution in [0.1, 0.15) is 37.1 Å². The summed E-state index contributed by atoms with van der Waals surface area (Å²) in [7, 11) is 1.83. The van der Waals surface area contributed by atoms with Crippen LogP contribution in [0.2, 0.25) is 0 Å². The van der Waals surface area contributed by atoms with E-state index >= 15 is 0 Å². The summed E-state index contributed by atoms with van der Waals surface area (Å²) in [6.07, 6.45) is 9.96. The highest BCUT2D eigenvalue weighted by Gasteiger charge is 2.15. The van der Waals surface area contributed by atoms with Gasteiger partial charge in [-0.3, -0.25) is 4.99 Å². The zero-order chi connectivity index (χ0) is 16.6. The lowest BCUT2D eigenvalue weighted by Crippen LogP contribution is -2.43. The zero-order valence-corrected chi connectivity index (χ0v) is 17.1. The molecule has 1 aromatic carbocycles. The van der Waals surface area contributed by atoms with E-state index in [1.54, 1.807) is 0 Å². The van der Waals surface area contributed by atoms with Crippen molar-refractivity contribution in [1.29, 1.82) is 0 Å². The number of nitrogens with zero attached hydrogens (tertiary/aromatic N) is 3. The predicted molar refractivity (Wildman–Crippen MR) is 114 cm³/mol. The smallest absolute Gasteiger partial charge is 0.191 e. The van der Waals surface area contributed by atoms with Gasteiger partial charge in [0.1, 0.15) is 5.82 Å². The van der Waals surface area contributed by atoms with Gasteiger partial charge in [-0.2, -0.15) is 0 Å². The number of imidazole rings is 1. The molecular formula is C19H28IN5. The molecular weight excluding hydrogens is 425 g/mol. The van der Waals surface area contributed by atoms with E-state index in [4.69, 9.17) is 0 Å². The molecule has 0 atom stereocenters. The Kier molecular flexibility index (Phi) is 8.24. The Hall–Kier alpha value is -1.57. The van der Waals surface area contributed by atoms with Crippen molar-refractivity contribution in [2.45, 2.75) is 44.7 Å². The third-order valence-electron chi connectivity index (χ3n) is 4.56. The quantitative estimate of drug-likeness (QED) is 0.402. The molecule has 3 rings (SSSR count). The first kappa shape index (κ1) is 19.8. The molecule has 2 N–H and O–H groups in total. The summed E-state index contributed by atoms with van der Waals surface area (Å²) >= 11 is 0. The fraction of sp³-hybridized carbons (Fsp3) is 0.474. The molecule has 1 aliphatic rings. The number of hydrogen-bond acceptors (Lipinski definition) is 2. The van der Waals surface area contributed by atoms with Crippen molar-refractivity contribution in [2.24, 2.45) is 4.99 Å². The lowest BCUT2D eigenvalue weighted by Gasteiger charge is -2.17. The molecule has 0 saturated heterocycles. The summed E-state index contributed by atoms with van der Waals surface area (Å²) in [5, 5.41) is 6.92. The van der Waals surface area contributed by atoms with Crippen molar-refractivity contribution >= 4 is 29.9 Å². The van der Waals surface area contributed by atoms with Gasteiger partial charge in [0.2, 0.25) is 0 Å². The van der Waals surface area contributed by atoms with E-state index in [9.17, 15) is 0 Å². The second-order valence-corrected chi connectivity index (χ2v) is 6.33. The van der Waals surface area contributed by atoms with Crippen LogP contribution in [0.15, 0.2) is 47.7 Å². The SMILES string of the molecule is CN=C(NCCc1nccn1Cc1ccccc1)NC1CCCC1.I. The zero-order valence-electron chi connectivity index (χ0n) is 14.8. The number of guanidine groups is 1. The molecule has 1 heterocycles. The van der Waals surface area contributed by atoms with Crippen LogP contribution in [0, 0.1) is 0 Å². The molecule has 6 heteroatoms. The largest absolute Gasteiger partial charge is 0.356 e. The van der Waals surface area contributed by atoms with Crippen molar-refractivity contribution in [3.8, 4) is 0 Å². The molecule has 0 aliphatic heterocycles. The summed E-state index contributed by atoms with van der Waals surface area (Å²) in [6, 6.07) is 11.1. The van der Waals surface area contributed by atoms with E-state index < -0.39 is 0 Å². The van der Waals surface area contributed by atoms with Crippen LogP contribution in [-0.2, 0) is 13.0 Å². The van der Waals surface area contributed by atoms with E-state index in [-0.39, 0.29) is 24.0 Å². The highest BCUT2D eigenvalue weighted by molar-refractivity contribution is 14.0. The molecule has 0 spiro atoms. The van der Waals surface area contributed by atoms with Crippen LogP contribution >= 0.6 is 24.0 Å². The standard InChI is InChI=1S/C19H27N5.HI/c1-20-19(23-17-9-5-6-10-17)22-12-11-18-21-13-14-24(18)15-16-7-3-2-4-8-16;/h2-4,7-8,13-14,17H,5-6,9-12,15H2,1H3,(H2,20,22,23);1H. The van der Waals surface area contributed by atoms with Crippen LogP contribution in [0.25, 0.3) is 0 Å². The van der Waals surface area contributed by atoms with Crippen molar-refractivity contribution in [3.63, 3.8) is 0 Å². The number of aromatic nitrogens is 2. The Labute approximate surface area is 167 Å². The second kappa shape index (κ2) is 10.4. The number of benzene rings is 1. The van der Waals surface area contributed by atoms with Gasteiger partial charge in [0.15, 0.2) is 5.96 Å². The maximum absolute atomic E-state index is 4.50. The van der Waals surface area contributed by atoms with Gasteiger partial charge in [0, 0.05) is 45.0 Å². The minimum atomic E-state index is 0. The maximum atomic E-state index is 4.50. The molecule has 0 amide bonds. The first-order valence-electron chi connectivity index (χ1n) is 8.86.